The fourth-order valence-electron chi connectivity index (χ4n) is 2.54. The summed E-state index contributed by atoms with van der Waals surface area (Å²) in [5.41, 5.74) is 5.34. The van der Waals surface area contributed by atoms with Gasteiger partial charge in [0.25, 0.3) is 0 Å². The smallest absolute Gasteiger partial charge is 0.234 e. The van der Waals surface area contributed by atoms with Gasteiger partial charge < -0.3 is 11.1 Å². The number of hydrogen-bond acceptors (Lipinski definition) is 4. The van der Waals surface area contributed by atoms with Crippen molar-refractivity contribution in [1.29, 1.82) is 0 Å². The second kappa shape index (κ2) is 6.87. The first-order valence-electron chi connectivity index (χ1n) is 7.24. The molecule has 0 spiro atoms. The highest BCUT2D eigenvalue weighted by Gasteiger charge is 2.35. The number of amides is 1. The standard InChI is InChI=1S/C13H27N3O3S/c1-5-11(13(14)17)15-12-6-7-16(8-10(12)4)20(18,19)9(2)3/h9-12,15H,5-8H2,1-4H3,(H2,14,17)/t10-,11-,12-/m0/s1. The average molecular weight is 305 g/mol. The van der Waals surface area contributed by atoms with Gasteiger partial charge in [-0.1, -0.05) is 13.8 Å². The lowest BCUT2D eigenvalue weighted by Crippen LogP contribution is -2.55. The van der Waals surface area contributed by atoms with Crippen LogP contribution in [0.5, 0.6) is 0 Å². The molecule has 0 bridgehead atoms. The highest BCUT2D eigenvalue weighted by atomic mass is 32.2. The number of piperidine rings is 1. The molecule has 0 aromatic rings. The lowest BCUT2D eigenvalue weighted by molar-refractivity contribution is -0.120. The maximum absolute atomic E-state index is 12.2. The molecule has 1 rings (SSSR count). The van der Waals surface area contributed by atoms with E-state index in [4.69, 9.17) is 5.73 Å². The van der Waals surface area contributed by atoms with Crippen LogP contribution < -0.4 is 11.1 Å². The van der Waals surface area contributed by atoms with Gasteiger partial charge in [0.05, 0.1) is 11.3 Å². The van der Waals surface area contributed by atoms with Gasteiger partial charge in [-0.3, -0.25) is 4.79 Å². The molecular formula is C13H27N3O3S. The van der Waals surface area contributed by atoms with Crippen molar-refractivity contribution >= 4 is 15.9 Å². The molecule has 1 aliphatic heterocycles. The van der Waals surface area contributed by atoms with Gasteiger partial charge in [0.1, 0.15) is 0 Å². The van der Waals surface area contributed by atoms with Crippen molar-refractivity contribution in [2.24, 2.45) is 11.7 Å². The topological polar surface area (TPSA) is 92.5 Å². The zero-order valence-corrected chi connectivity index (χ0v) is 13.6. The number of nitrogens with two attached hydrogens (primary N) is 1. The number of carbonyl (C=O) groups excluding carboxylic acids is 1. The van der Waals surface area contributed by atoms with Crippen LogP contribution in [-0.2, 0) is 14.8 Å². The fourth-order valence-corrected chi connectivity index (χ4v) is 3.94. The second-order valence-electron chi connectivity index (χ2n) is 5.85. The van der Waals surface area contributed by atoms with Gasteiger partial charge in [-0.2, -0.15) is 0 Å². The summed E-state index contributed by atoms with van der Waals surface area (Å²) >= 11 is 0. The van der Waals surface area contributed by atoms with E-state index in [0.29, 0.717) is 25.9 Å². The van der Waals surface area contributed by atoms with Crippen LogP contribution in [0.4, 0.5) is 0 Å². The fraction of sp³-hybridized carbons (Fsp3) is 0.923. The molecule has 1 aliphatic rings. The van der Waals surface area contributed by atoms with Crippen molar-refractivity contribution in [3.63, 3.8) is 0 Å². The van der Waals surface area contributed by atoms with Crippen LogP contribution in [0.2, 0.25) is 0 Å². The zero-order valence-electron chi connectivity index (χ0n) is 12.8. The van der Waals surface area contributed by atoms with Gasteiger partial charge in [-0.05, 0) is 32.6 Å². The third-order valence-corrected chi connectivity index (χ3v) is 6.23. The van der Waals surface area contributed by atoms with Crippen LogP contribution in [0.25, 0.3) is 0 Å². The Morgan fingerprint density at radius 2 is 2.05 bits per heavy atom. The third-order valence-electron chi connectivity index (χ3n) is 3.99. The zero-order chi connectivity index (χ0) is 15.5. The van der Waals surface area contributed by atoms with Crippen molar-refractivity contribution in [1.82, 2.24) is 9.62 Å². The maximum atomic E-state index is 12.2. The van der Waals surface area contributed by atoms with Gasteiger partial charge in [0, 0.05) is 19.1 Å². The Labute approximate surface area is 122 Å². The molecule has 0 aliphatic carbocycles. The predicted octanol–water partition coefficient (Wildman–Crippen LogP) is 0.289. The highest BCUT2D eigenvalue weighted by molar-refractivity contribution is 7.89. The van der Waals surface area contributed by atoms with Crippen LogP contribution in [0.15, 0.2) is 0 Å². The first-order valence-corrected chi connectivity index (χ1v) is 8.74. The molecule has 0 radical (unpaired) electrons. The molecule has 1 saturated heterocycles. The molecule has 7 heteroatoms. The van der Waals surface area contributed by atoms with E-state index in [1.54, 1.807) is 18.2 Å². The Bertz CT molecular complexity index is 436. The molecule has 0 unspecified atom stereocenters. The van der Waals surface area contributed by atoms with Gasteiger partial charge >= 0.3 is 0 Å². The average Bonchev–Trinajstić information content (AvgIpc) is 2.36. The summed E-state index contributed by atoms with van der Waals surface area (Å²) in [5, 5.41) is 2.86. The number of hydrogen-bond donors (Lipinski definition) is 2. The number of rotatable bonds is 6. The lowest BCUT2D eigenvalue weighted by atomic mass is 9.94. The van der Waals surface area contributed by atoms with Crippen molar-refractivity contribution < 1.29 is 13.2 Å². The first-order chi connectivity index (χ1) is 9.20. The minimum atomic E-state index is -3.19. The van der Waals surface area contributed by atoms with Crippen LogP contribution in [0.3, 0.4) is 0 Å². The van der Waals surface area contributed by atoms with Crippen LogP contribution in [-0.4, -0.2) is 49.1 Å². The van der Waals surface area contributed by atoms with Gasteiger partial charge in [-0.25, -0.2) is 12.7 Å². The molecule has 118 valence electrons. The van der Waals surface area contributed by atoms with Crippen LogP contribution in [0.1, 0.15) is 40.5 Å². The van der Waals surface area contributed by atoms with E-state index in [-0.39, 0.29) is 23.9 Å². The second-order valence-corrected chi connectivity index (χ2v) is 8.34. The number of sulfonamides is 1. The van der Waals surface area contributed by atoms with Crippen LogP contribution in [0, 0.1) is 5.92 Å². The molecule has 0 saturated carbocycles. The van der Waals surface area contributed by atoms with E-state index in [1.807, 2.05) is 13.8 Å². The van der Waals surface area contributed by atoms with E-state index in [2.05, 4.69) is 5.32 Å². The Kier molecular flexibility index (Phi) is 5.97. The number of nitrogens with zero attached hydrogens (tertiary/aromatic N) is 1. The molecule has 0 aromatic carbocycles. The molecule has 0 aromatic heterocycles. The predicted molar refractivity (Wildman–Crippen MR) is 79.6 cm³/mol. The summed E-state index contributed by atoms with van der Waals surface area (Å²) in [6.45, 7) is 8.30. The van der Waals surface area contributed by atoms with E-state index in [9.17, 15) is 13.2 Å². The quantitative estimate of drug-likeness (QED) is 0.737. The molecule has 6 nitrogen and oxygen atoms in total. The molecule has 3 N–H and O–H groups in total. The Morgan fingerprint density at radius 3 is 2.45 bits per heavy atom. The Balaban J connectivity index is 2.67. The van der Waals surface area contributed by atoms with Gasteiger partial charge in [0.2, 0.25) is 15.9 Å². The molecule has 1 heterocycles. The normalized spacial score (nSPS) is 26.6. The largest absolute Gasteiger partial charge is 0.368 e. The monoisotopic (exact) mass is 305 g/mol. The minimum absolute atomic E-state index is 0.131. The molecular weight excluding hydrogens is 278 g/mol. The lowest BCUT2D eigenvalue weighted by Gasteiger charge is -2.38. The Hall–Kier alpha value is -0.660. The number of carbonyl (C=O) groups is 1. The minimum Gasteiger partial charge on any atom is -0.368 e. The van der Waals surface area contributed by atoms with Gasteiger partial charge in [0.15, 0.2) is 0 Å². The van der Waals surface area contributed by atoms with E-state index >= 15 is 0 Å². The summed E-state index contributed by atoms with van der Waals surface area (Å²) < 4.78 is 25.9. The molecule has 1 amide bonds. The SMILES string of the molecule is CC[C@H](N[C@H]1CCN(S(=O)(=O)C(C)C)C[C@@H]1C)C(N)=O. The summed E-state index contributed by atoms with van der Waals surface area (Å²) in [4.78, 5) is 11.3. The van der Waals surface area contributed by atoms with E-state index in [1.165, 1.54) is 0 Å². The number of nitrogens with one attached hydrogen (secondary N) is 1. The molecule has 1 fully saturated rings. The third kappa shape index (κ3) is 3.93. The van der Waals surface area contributed by atoms with E-state index in [0.717, 1.165) is 0 Å². The Morgan fingerprint density at radius 1 is 1.45 bits per heavy atom. The first kappa shape index (κ1) is 17.4. The van der Waals surface area contributed by atoms with Crippen LogP contribution >= 0.6 is 0 Å². The highest BCUT2D eigenvalue weighted by Crippen LogP contribution is 2.22. The van der Waals surface area contributed by atoms with E-state index < -0.39 is 15.3 Å². The molecule has 3 atom stereocenters. The van der Waals surface area contributed by atoms with Gasteiger partial charge in [-0.15, -0.1) is 0 Å². The summed E-state index contributed by atoms with van der Waals surface area (Å²) in [6.07, 6.45) is 1.35. The van der Waals surface area contributed by atoms with Crippen molar-refractivity contribution in [3.05, 3.63) is 0 Å². The summed E-state index contributed by atoms with van der Waals surface area (Å²) in [7, 11) is -3.19. The molecule has 20 heavy (non-hydrogen) atoms. The van der Waals surface area contributed by atoms with Crippen molar-refractivity contribution in [2.45, 2.75) is 57.9 Å². The summed E-state index contributed by atoms with van der Waals surface area (Å²) in [6, 6.07) is -0.207. The maximum Gasteiger partial charge on any atom is 0.234 e. The number of primary amides is 1. The summed E-state index contributed by atoms with van der Waals surface area (Å²) in [5.74, 6) is -0.192. The van der Waals surface area contributed by atoms with Crippen molar-refractivity contribution in [3.8, 4) is 0 Å². The van der Waals surface area contributed by atoms with Crippen molar-refractivity contribution in [2.75, 3.05) is 13.1 Å².